The van der Waals surface area contributed by atoms with E-state index in [4.69, 9.17) is 23.2 Å². The lowest BCUT2D eigenvalue weighted by Gasteiger charge is -2.09. The van der Waals surface area contributed by atoms with Gasteiger partial charge in [-0.25, -0.2) is 4.98 Å². The van der Waals surface area contributed by atoms with Crippen LogP contribution >= 0.6 is 23.2 Å². The molecule has 1 aromatic carbocycles. The highest BCUT2D eigenvalue weighted by Crippen LogP contribution is 2.22. The monoisotopic (exact) mass is 268 g/mol. The van der Waals surface area contributed by atoms with E-state index in [0.717, 1.165) is 17.7 Å². The van der Waals surface area contributed by atoms with Crippen molar-refractivity contribution in [3.05, 3.63) is 51.5 Å². The van der Waals surface area contributed by atoms with Crippen LogP contribution in [0.2, 0.25) is 10.0 Å². The van der Waals surface area contributed by atoms with Crippen molar-refractivity contribution in [1.29, 1.82) is 0 Å². The number of nitrogens with zero attached hydrogens (tertiary/aromatic N) is 2. The summed E-state index contributed by atoms with van der Waals surface area (Å²) in [7, 11) is 0. The minimum Gasteiger partial charge on any atom is -0.322 e. The van der Waals surface area contributed by atoms with Crippen molar-refractivity contribution in [1.82, 2.24) is 9.55 Å². The van der Waals surface area contributed by atoms with Gasteiger partial charge in [0.05, 0.1) is 12.7 Å². The van der Waals surface area contributed by atoms with E-state index in [1.165, 1.54) is 0 Å². The average molecular weight is 269 g/mol. The predicted molar refractivity (Wildman–Crippen MR) is 67.9 cm³/mol. The Morgan fingerprint density at radius 2 is 2.18 bits per heavy atom. The summed E-state index contributed by atoms with van der Waals surface area (Å²) in [5, 5.41) is 1.18. The van der Waals surface area contributed by atoms with Gasteiger partial charge >= 0.3 is 0 Å². The van der Waals surface area contributed by atoms with E-state index in [-0.39, 0.29) is 0 Å². The van der Waals surface area contributed by atoms with Crippen molar-refractivity contribution in [2.24, 2.45) is 0 Å². The normalized spacial score (nSPS) is 10.5. The molecule has 0 amide bonds. The Hall–Kier alpha value is -1.32. The molecule has 17 heavy (non-hydrogen) atoms. The number of halogens is 2. The highest BCUT2D eigenvalue weighted by molar-refractivity contribution is 6.35. The maximum absolute atomic E-state index is 10.9. The molecule has 1 heterocycles. The number of aryl methyl sites for hydroxylation is 1. The fourth-order valence-corrected chi connectivity index (χ4v) is 2.07. The number of carbonyl (C=O) groups excluding carboxylic acids is 1. The Bertz CT molecular complexity index is 564. The molecular formula is C12H10Cl2N2O. The summed E-state index contributed by atoms with van der Waals surface area (Å²) in [6, 6.07) is 5.31. The molecule has 0 aliphatic carbocycles. The SMILES string of the molecule is Cc1ncc(C=O)n1Cc1ccc(Cl)cc1Cl. The minimum absolute atomic E-state index is 0.510. The molecule has 2 rings (SSSR count). The van der Waals surface area contributed by atoms with Crippen LogP contribution in [0.3, 0.4) is 0 Å². The lowest BCUT2D eigenvalue weighted by molar-refractivity contribution is 0.111. The Labute approximate surface area is 109 Å². The zero-order chi connectivity index (χ0) is 12.4. The van der Waals surface area contributed by atoms with Crippen LogP contribution in [-0.2, 0) is 6.54 Å². The average Bonchev–Trinajstić information content (AvgIpc) is 2.64. The van der Waals surface area contributed by atoms with E-state index in [2.05, 4.69) is 4.98 Å². The first-order valence-corrected chi connectivity index (χ1v) is 5.78. The molecule has 0 unspecified atom stereocenters. The van der Waals surface area contributed by atoms with Crippen molar-refractivity contribution < 1.29 is 4.79 Å². The third-order valence-electron chi connectivity index (χ3n) is 2.55. The molecule has 0 atom stereocenters. The van der Waals surface area contributed by atoms with Gasteiger partial charge in [0.25, 0.3) is 0 Å². The molecule has 88 valence electrons. The van der Waals surface area contributed by atoms with Gasteiger partial charge in [-0.05, 0) is 24.6 Å². The third kappa shape index (κ3) is 2.51. The number of rotatable bonds is 3. The Balaban J connectivity index is 2.37. The molecule has 0 saturated heterocycles. The molecule has 0 N–H and O–H groups in total. The number of hydrogen-bond acceptors (Lipinski definition) is 2. The summed E-state index contributed by atoms with van der Waals surface area (Å²) < 4.78 is 1.81. The molecule has 0 bridgehead atoms. The van der Waals surface area contributed by atoms with Gasteiger partial charge in [-0.15, -0.1) is 0 Å². The fourth-order valence-electron chi connectivity index (χ4n) is 1.61. The van der Waals surface area contributed by atoms with Crippen LogP contribution in [0.1, 0.15) is 21.9 Å². The van der Waals surface area contributed by atoms with Crippen LogP contribution in [0, 0.1) is 6.92 Å². The Kier molecular flexibility index (Phi) is 3.50. The van der Waals surface area contributed by atoms with E-state index in [1.54, 1.807) is 18.3 Å². The van der Waals surface area contributed by atoms with E-state index in [0.29, 0.717) is 22.3 Å². The standard InChI is InChI=1S/C12H10Cl2N2O/c1-8-15-5-11(7-17)16(8)6-9-2-3-10(13)4-12(9)14/h2-5,7H,6H2,1H3. The van der Waals surface area contributed by atoms with Crippen molar-refractivity contribution in [3.8, 4) is 0 Å². The lowest BCUT2D eigenvalue weighted by Crippen LogP contribution is -2.06. The zero-order valence-electron chi connectivity index (χ0n) is 9.15. The van der Waals surface area contributed by atoms with Gasteiger partial charge in [-0.3, -0.25) is 4.79 Å². The maximum atomic E-state index is 10.9. The molecule has 0 spiro atoms. The van der Waals surface area contributed by atoms with Crippen molar-refractivity contribution in [3.63, 3.8) is 0 Å². The minimum atomic E-state index is 0.510. The number of hydrogen-bond donors (Lipinski definition) is 0. The van der Waals surface area contributed by atoms with Gasteiger partial charge in [0.15, 0.2) is 6.29 Å². The van der Waals surface area contributed by atoms with Gasteiger partial charge in [0.1, 0.15) is 11.5 Å². The largest absolute Gasteiger partial charge is 0.322 e. The molecule has 3 nitrogen and oxygen atoms in total. The molecule has 1 aromatic heterocycles. The second-order valence-corrected chi connectivity index (χ2v) is 4.51. The number of aromatic nitrogens is 2. The summed E-state index contributed by atoms with van der Waals surface area (Å²) in [6.45, 7) is 2.35. The van der Waals surface area contributed by atoms with Crippen molar-refractivity contribution >= 4 is 29.5 Å². The maximum Gasteiger partial charge on any atom is 0.168 e. The molecule has 0 radical (unpaired) electrons. The van der Waals surface area contributed by atoms with E-state index < -0.39 is 0 Å². The van der Waals surface area contributed by atoms with Crippen molar-refractivity contribution in [2.45, 2.75) is 13.5 Å². The molecule has 0 aliphatic rings. The first-order valence-electron chi connectivity index (χ1n) is 5.03. The predicted octanol–water partition coefficient (Wildman–Crippen LogP) is 3.36. The molecular weight excluding hydrogens is 259 g/mol. The van der Waals surface area contributed by atoms with Gasteiger partial charge in [0, 0.05) is 10.0 Å². The number of aldehydes is 1. The van der Waals surface area contributed by atoms with Crippen LogP contribution in [0.4, 0.5) is 0 Å². The molecule has 0 aliphatic heterocycles. The third-order valence-corrected chi connectivity index (χ3v) is 3.14. The van der Waals surface area contributed by atoms with Crippen LogP contribution in [0.25, 0.3) is 0 Å². The number of carbonyl (C=O) groups is 1. The summed E-state index contributed by atoms with van der Waals surface area (Å²) in [5.41, 5.74) is 1.44. The topological polar surface area (TPSA) is 34.9 Å². The fraction of sp³-hybridized carbons (Fsp3) is 0.167. The second-order valence-electron chi connectivity index (χ2n) is 3.67. The number of imidazole rings is 1. The molecule has 2 aromatic rings. The molecule has 0 saturated carbocycles. The van der Waals surface area contributed by atoms with E-state index >= 15 is 0 Å². The van der Waals surface area contributed by atoms with Gasteiger partial charge in [-0.1, -0.05) is 29.3 Å². The van der Waals surface area contributed by atoms with Gasteiger partial charge in [-0.2, -0.15) is 0 Å². The Morgan fingerprint density at radius 1 is 1.41 bits per heavy atom. The summed E-state index contributed by atoms with van der Waals surface area (Å²) in [5.74, 6) is 0.776. The second kappa shape index (κ2) is 4.90. The highest BCUT2D eigenvalue weighted by Gasteiger charge is 2.08. The number of benzene rings is 1. The van der Waals surface area contributed by atoms with Crippen LogP contribution in [0.5, 0.6) is 0 Å². The van der Waals surface area contributed by atoms with Crippen molar-refractivity contribution in [2.75, 3.05) is 0 Å². The van der Waals surface area contributed by atoms with Crippen LogP contribution in [-0.4, -0.2) is 15.8 Å². The van der Waals surface area contributed by atoms with Crippen LogP contribution in [0.15, 0.2) is 24.4 Å². The van der Waals surface area contributed by atoms with Crippen LogP contribution < -0.4 is 0 Å². The van der Waals surface area contributed by atoms with Gasteiger partial charge in [0.2, 0.25) is 0 Å². The quantitative estimate of drug-likeness (QED) is 0.801. The smallest absolute Gasteiger partial charge is 0.168 e. The van der Waals surface area contributed by atoms with E-state index in [9.17, 15) is 4.79 Å². The highest BCUT2D eigenvalue weighted by atomic mass is 35.5. The molecule has 5 heteroatoms. The summed E-state index contributed by atoms with van der Waals surface area (Å²) >= 11 is 11.9. The first-order chi connectivity index (χ1) is 8.11. The van der Waals surface area contributed by atoms with Gasteiger partial charge < -0.3 is 4.57 Å². The lowest BCUT2D eigenvalue weighted by atomic mass is 10.2. The molecule has 0 fully saturated rings. The first kappa shape index (κ1) is 12.1. The summed E-state index contributed by atoms with van der Waals surface area (Å²) in [6.07, 6.45) is 2.33. The van der Waals surface area contributed by atoms with E-state index in [1.807, 2.05) is 17.6 Å². The Morgan fingerprint density at radius 3 is 2.82 bits per heavy atom. The summed E-state index contributed by atoms with van der Waals surface area (Å²) in [4.78, 5) is 14.9. The zero-order valence-corrected chi connectivity index (χ0v) is 10.7.